The molecule has 3 aliphatic heterocycles. The Balaban J connectivity index is 1.03. The maximum atomic E-state index is 13.3. The van der Waals surface area contributed by atoms with E-state index in [1.165, 1.54) is 19.3 Å². The van der Waals surface area contributed by atoms with E-state index in [0.717, 1.165) is 64.7 Å². The van der Waals surface area contributed by atoms with Gasteiger partial charge in [-0.2, -0.15) is 0 Å². The van der Waals surface area contributed by atoms with Crippen molar-refractivity contribution in [3.8, 4) is 0 Å². The number of hydrogen-bond donors (Lipinski definition) is 5. The second-order valence-electron chi connectivity index (χ2n) is 13.3. The number of amides is 1. The van der Waals surface area contributed by atoms with E-state index in [0.29, 0.717) is 44.3 Å². The van der Waals surface area contributed by atoms with Crippen LogP contribution in [-0.4, -0.2) is 123 Å². The molecule has 11 heteroatoms. The molecular formula is C30H55ClN6O4. The third-order valence-electron chi connectivity index (χ3n) is 10.2. The number of nitrogens with zero attached hydrogens (tertiary/aromatic N) is 2. The van der Waals surface area contributed by atoms with Crippen LogP contribution in [0.25, 0.3) is 0 Å². The van der Waals surface area contributed by atoms with Crippen LogP contribution in [0.1, 0.15) is 64.7 Å². The molecule has 3 heterocycles. The van der Waals surface area contributed by atoms with E-state index < -0.39 is 6.10 Å². The molecule has 3 saturated heterocycles. The minimum absolute atomic E-state index is 0.0299. The van der Waals surface area contributed by atoms with Gasteiger partial charge in [0.05, 0.1) is 49.4 Å². The Morgan fingerprint density at radius 1 is 1.24 bits per heavy atom. The van der Waals surface area contributed by atoms with Gasteiger partial charge in [-0.1, -0.05) is 13.3 Å². The number of alkyl halides is 1. The topological polar surface area (TPSA) is 110 Å². The molecule has 0 spiro atoms. The molecule has 5 fully saturated rings. The number of likely N-dealkylation sites (tertiary alicyclic amines) is 1. The van der Waals surface area contributed by atoms with Crippen LogP contribution in [0, 0.1) is 17.8 Å². The molecule has 5 N–H and O–H groups in total. The molecule has 41 heavy (non-hydrogen) atoms. The van der Waals surface area contributed by atoms with E-state index >= 15 is 0 Å². The summed E-state index contributed by atoms with van der Waals surface area (Å²) >= 11 is 6.94. The van der Waals surface area contributed by atoms with Gasteiger partial charge in [-0.05, 0) is 83.3 Å². The summed E-state index contributed by atoms with van der Waals surface area (Å²) in [5.41, 5.74) is 0. The summed E-state index contributed by atoms with van der Waals surface area (Å²) < 4.78 is 11.8. The number of aliphatic hydroxyl groups is 1. The van der Waals surface area contributed by atoms with Crippen molar-refractivity contribution in [2.75, 3.05) is 59.7 Å². The largest absolute Gasteiger partial charge is 0.390 e. The molecule has 0 aromatic rings. The first-order valence-electron chi connectivity index (χ1n) is 16.4. The fourth-order valence-corrected chi connectivity index (χ4v) is 8.08. The van der Waals surface area contributed by atoms with Gasteiger partial charge in [0.15, 0.2) is 0 Å². The minimum atomic E-state index is -0.578. The highest BCUT2D eigenvalue weighted by atomic mass is 35.5. The smallest absolute Gasteiger partial charge is 0.223 e. The predicted octanol–water partition coefficient (Wildman–Crippen LogP) is 1.27. The normalized spacial score (nSPS) is 37.5. The van der Waals surface area contributed by atoms with Crippen LogP contribution in [0.5, 0.6) is 0 Å². The van der Waals surface area contributed by atoms with E-state index in [1.54, 1.807) is 0 Å². The molecule has 236 valence electrons. The van der Waals surface area contributed by atoms with Crippen molar-refractivity contribution in [3.63, 3.8) is 0 Å². The van der Waals surface area contributed by atoms with Crippen molar-refractivity contribution in [3.05, 3.63) is 0 Å². The molecule has 0 bridgehead atoms. The first-order valence-corrected chi connectivity index (χ1v) is 16.8. The Hall–Kier alpha value is -0.560. The number of aliphatic hydroxyl groups excluding tert-OH is 1. The lowest BCUT2D eigenvalue weighted by Gasteiger charge is -2.46. The zero-order valence-corrected chi connectivity index (χ0v) is 26.0. The Morgan fingerprint density at radius 2 is 2.10 bits per heavy atom. The number of ether oxygens (including phenoxy) is 2. The van der Waals surface area contributed by atoms with Crippen molar-refractivity contribution in [2.24, 2.45) is 17.8 Å². The summed E-state index contributed by atoms with van der Waals surface area (Å²) in [6.45, 7) is 8.01. The molecule has 0 radical (unpaired) electrons. The van der Waals surface area contributed by atoms with Gasteiger partial charge < -0.3 is 24.8 Å². The number of carbonyl (C=O) groups is 1. The number of β-amino-alcohol motifs (C(OH)–C–C–N with tert-alkyl or cyclic N) is 1. The van der Waals surface area contributed by atoms with Crippen LogP contribution in [0.4, 0.5) is 0 Å². The SMILES string of the molecule is CCCN(C)C1CC(C(=O)NC[C@H](O)CN2CCC3C(CCC(OCC4CNCO4)C3Cl)C2)CC(NC2CCC2)N1. The number of fused-ring (bicyclic) bond motifs is 1. The average molecular weight is 599 g/mol. The maximum absolute atomic E-state index is 13.3. The lowest BCUT2D eigenvalue weighted by molar-refractivity contribution is -0.128. The second-order valence-corrected chi connectivity index (χ2v) is 13.8. The third-order valence-corrected chi connectivity index (χ3v) is 10.8. The van der Waals surface area contributed by atoms with Crippen LogP contribution in [0.15, 0.2) is 0 Å². The first kappa shape index (κ1) is 31.9. The Kier molecular flexibility index (Phi) is 12.0. The van der Waals surface area contributed by atoms with Crippen molar-refractivity contribution < 1.29 is 19.4 Å². The molecule has 1 amide bonds. The van der Waals surface area contributed by atoms with E-state index in [1.807, 2.05) is 0 Å². The second kappa shape index (κ2) is 15.4. The van der Waals surface area contributed by atoms with E-state index in [-0.39, 0.29) is 41.7 Å². The highest BCUT2D eigenvalue weighted by Crippen LogP contribution is 2.40. The fraction of sp³-hybridized carbons (Fsp3) is 0.967. The molecular weight excluding hydrogens is 544 g/mol. The summed E-state index contributed by atoms with van der Waals surface area (Å²) in [6, 6.07) is 0.568. The van der Waals surface area contributed by atoms with Gasteiger partial charge in [0.1, 0.15) is 0 Å². The van der Waals surface area contributed by atoms with Gasteiger partial charge in [0.25, 0.3) is 0 Å². The summed E-state index contributed by atoms with van der Waals surface area (Å²) in [6.07, 6.45) is 9.50. The number of nitrogens with one attached hydrogen (secondary N) is 4. The lowest BCUT2D eigenvalue weighted by atomic mass is 9.73. The third kappa shape index (κ3) is 8.76. The number of piperidine rings is 2. The van der Waals surface area contributed by atoms with Crippen molar-refractivity contribution in [1.82, 2.24) is 31.1 Å². The highest BCUT2D eigenvalue weighted by Gasteiger charge is 2.42. The fourth-order valence-electron chi connectivity index (χ4n) is 7.55. The van der Waals surface area contributed by atoms with Gasteiger partial charge in [0.2, 0.25) is 5.91 Å². The van der Waals surface area contributed by atoms with E-state index in [9.17, 15) is 9.90 Å². The molecule has 0 aromatic carbocycles. The zero-order chi connectivity index (χ0) is 28.8. The predicted molar refractivity (Wildman–Crippen MR) is 161 cm³/mol. The van der Waals surface area contributed by atoms with Gasteiger partial charge in [-0.3, -0.25) is 25.6 Å². The maximum Gasteiger partial charge on any atom is 0.223 e. The van der Waals surface area contributed by atoms with Crippen molar-refractivity contribution in [2.45, 2.75) is 107 Å². The summed E-state index contributed by atoms with van der Waals surface area (Å²) in [5.74, 6) is 0.993. The lowest BCUT2D eigenvalue weighted by Crippen LogP contribution is -2.62. The van der Waals surface area contributed by atoms with Crippen molar-refractivity contribution >= 4 is 17.5 Å². The van der Waals surface area contributed by atoms with Crippen LogP contribution in [0.3, 0.4) is 0 Å². The van der Waals surface area contributed by atoms with Crippen LogP contribution in [0.2, 0.25) is 0 Å². The van der Waals surface area contributed by atoms with Crippen LogP contribution >= 0.6 is 11.6 Å². The Labute approximate surface area is 251 Å². The number of hydrogen-bond acceptors (Lipinski definition) is 9. The molecule has 0 aromatic heterocycles. The van der Waals surface area contributed by atoms with Gasteiger partial charge in [-0.15, -0.1) is 11.6 Å². The minimum Gasteiger partial charge on any atom is -0.390 e. The Morgan fingerprint density at radius 3 is 2.83 bits per heavy atom. The van der Waals surface area contributed by atoms with Gasteiger partial charge in [0, 0.05) is 38.1 Å². The monoisotopic (exact) mass is 598 g/mol. The number of halogens is 1. The van der Waals surface area contributed by atoms with E-state index in [2.05, 4.69) is 45.0 Å². The molecule has 8 unspecified atom stereocenters. The van der Waals surface area contributed by atoms with Gasteiger partial charge in [-0.25, -0.2) is 0 Å². The van der Waals surface area contributed by atoms with Crippen molar-refractivity contribution in [1.29, 1.82) is 0 Å². The molecule has 9 atom stereocenters. The molecule has 2 saturated carbocycles. The standard InChI is InChI=1S/C30H55ClN6O4/c1-3-10-36(2)28-13-21(12-27(35-28)34-22-5-4-6-22)30(39)33-14-23(38)17-37-11-9-25-20(16-37)7-8-26(29(25)31)40-18-24-15-32-19-41-24/h20-29,32,34-35,38H,3-19H2,1-2H3,(H,33,39)/t20?,21?,23-,24?,25?,26?,27?,28?,29?/m0/s1. The number of rotatable bonds is 13. The van der Waals surface area contributed by atoms with Gasteiger partial charge >= 0.3 is 0 Å². The first-order chi connectivity index (χ1) is 19.9. The molecule has 5 rings (SSSR count). The molecule has 10 nitrogen and oxygen atoms in total. The van der Waals surface area contributed by atoms with Crippen LogP contribution in [-0.2, 0) is 14.3 Å². The summed E-state index contributed by atoms with van der Waals surface area (Å²) in [4.78, 5) is 18.0. The Bertz CT molecular complexity index is 818. The zero-order valence-electron chi connectivity index (χ0n) is 25.2. The van der Waals surface area contributed by atoms with Crippen LogP contribution < -0.4 is 21.3 Å². The summed E-state index contributed by atoms with van der Waals surface area (Å²) in [7, 11) is 2.14. The quantitative estimate of drug-likeness (QED) is 0.200. The molecule has 5 aliphatic rings. The van der Waals surface area contributed by atoms with E-state index in [4.69, 9.17) is 21.1 Å². The average Bonchev–Trinajstić information content (AvgIpc) is 3.47. The molecule has 2 aliphatic carbocycles. The highest BCUT2D eigenvalue weighted by molar-refractivity contribution is 6.21. The summed E-state index contributed by atoms with van der Waals surface area (Å²) in [5, 5.41) is 24.7. The number of carbonyl (C=O) groups excluding carboxylic acids is 1.